The summed E-state index contributed by atoms with van der Waals surface area (Å²) in [5.74, 6) is 0.0927. The number of aryl methyl sites for hydroxylation is 2. The van der Waals surface area contributed by atoms with Gasteiger partial charge in [-0.05, 0) is 38.5 Å². The van der Waals surface area contributed by atoms with Crippen molar-refractivity contribution in [2.24, 2.45) is 0 Å². The number of aromatic nitrogens is 4. The third-order valence-electron chi connectivity index (χ3n) is 4.15. The molecule has 0 saturated heterocycles. The lowest BCUT2D eigenvalue weighted by atomic mass is 10.1. The summed E-state index contributed by atoms with van der Waals surface area (Å²) in [6.45, 7) is 5.52. The maximum absolute atomic E-state index is 13.0. The second kappa shape index (κ2) is 6.46. The third kappa shape index (κ3) is 3.42. The van der Waals surface area contributed by atoms with E-state index in [0.29, 0.717) is 11.5 Å². The first-order valence-corrected chi connectivity index (χ1v) is 7.88. The number of amides is 1. The molecule has 0 fully saturated rings. The first-order valence-electron chi connectivity index (χ1n) is 7.88. The fourth-order valence-electron chi connectivity index (χ4n) is 2.77. The molecular weight excluding hydrogens is 323 g/mol. The van der Waals surface area contributed by atoms with Crippen molar-refractivity contribution in [1.82, 2.24) is 24.9 Å². The van der Waals surface area contributed by atoms with Crippen LogP contribution in [0.3, 0.4) is 0 Å². The van der Waals surface area contributed by atoms with E-state index >= 15 is 0 Å². The molecule has 2 aromatic heterocycles. The van der Waals surface area contributed by atoms with E-state index in [1.165, 1.54) is 16.6 Å². The van der Waals surface area contributed by atoms with Crippen LogP contribution in [0.2, 0.25) is 0 Å². The number of nitrogen functional groups attached to an aromatic ring is 1. The lowest BCUT2D eigenvalue weighted by Gasteiger charge is -2.16. The van der Waals surface area contributed by atoms with Gasteiger partial charge < -0.3 is 11.1 Å². The van der Waals surface area contributed by atoms with Crippen molar-refractivity contribution in [3.05, 3.63) is 52.6 Å². The maximum Gasteiger partial charge on any atom is 0.254 e. The first-order chi connectivity index (χ1) is 11.8. The van der Waals surface area contributed by atoms with Gasteiger partial charge in [0, 0.05) is 17.0 Å². The van der Waals surface area contributed by atoms with Crippen molar-refractivity contribution in [2.75, 3.05) is 5.73 Å². The molecule has 3 aromatic rings. The summed E-state index contributed by atoms with van der Waals surface area (Å²) < 4.78 is 14.5. The van der Waals surface area contributed by atoms with Crippen molar-refractivity contribution in [1.29, 1.82) is 0 Å². The molecule has 0 saturated carbocycles. The number of benzene rings is 1. The Morgan fingerprint density at radius 1 is 1.28 bits per heavy atom. The Hall–Kier alpha value is -3.03. The van der Waals surface area contributed by atoms with E-state index in [2.05, 4.69) is 20.4 Å². The monoisotopic (exact) mass is 342 g/mol. The molecule has 0 bridgehead atoms. The van der Waals surface area contributed by atoms with Gasteiger partial charge in [0.05, 0.1) is 12.5 Å². The number of halogens is 1. The summed E-state index contributed by atoms with van der Waals surface area (Å²) >= 11 is 0. The van der Waals surface area contributed by atoms with Crippen LogP contribution in [0, 0.1) is 19.7 Å². The van der Waals surface area contributed by atoms with Gasteiger partial charge in [-0.25, -0.2) is 9.37 Å². The second-order valence-corrected chi connectivity index (χ2v) is 5.96. The Kier molecular flexibility index (Phi) is 4.35. The van der Waals surface area contributed by atoms with Crippen LogP contribution in [0.25, 0.3) is 5.78 Å². The third-order valence-corrected chi connectivity index (χ3v) is 4.15. The SMILES string of the molecule is Cc1nc2nc(N)nn2c(C)c1CC(=O)NC(C)c1ccc(F)cc1. The average molecular weight is 342 g/mol. The molecule has 1 atom stereocenters. The largest absolute Gasteiger partial charge is 0.366 e. The number of anilines is 1. The van der Waals surface area contributed by atoms with Gasteiger partial charge in [-0.15, -0.1) is 5.10 Å². The van der Waals surface area contributed by atoms with Gasteiger partial charge in [0.25, 0.3) is 5.78 Å². The van der Waals surface area contributed by atoms with E-state index in [4.69, 9.17) is 5.73 Å². The van der Waals surface area contributed by atoms with Crippen LogP contribution in [0.15, 0.2) is 24.3 Å². The summed E-state index contributed by atoms with van der Waals surface area (Å²) in [4.78, 5) is 20.8. The highest BCUT2D eigenvalue weighted by Gasteiger charge is 2.17. The normalized spacial score (nSPS) is 12.3. The summed E-state index contributed by atoms with van der Waals surface area (Å²) in [6.07, 6.45) is 0.159. The summed E-state index contributed by atoms with van der Waals surface area (Å²) in [7, 11) is 0. The number of nitrogens with two attached hydrogens (primary N) is 1. The zero-order valence-electron chi connectivity index (χ0n) is 14.2. The van der Waals surface area contributed by atoms with Gasteiger partial charge in [0.15, 0.2) is 0 Å². The van der Waals surface area contributed by atoms with Crippen molar-refractivity contribution in [2.45, 2.75) is 33.2 Å². The Morgan fingerprint density at radius 2 is 1.96 bits per heavy atom. The van der Waals surface area contributed by atoms with Crippen LogP contribution >= 0.6 is 0 Å². The van der Waals surface area contributed by atoms with Crippen LogP contribution in [0.5, 0.6) is 0 Å². The molecular formula is C17H19FN6O. The molecule has 0 radical (unpaired) electrons. The highest BCUT2D eigenvalue weighted by Crippen LogP contribution is 2.17. The zero-order valence-corrected chi connectivity index (χ0v) is 14.2. The van der Waals surface area contributed by atoms with E-state index in [1.807, 2.05) is 20.8 Å². The van der Waals surface area contributed by atoms with Gasteiger partial charge in [0.1, 0.15) is 5.82 Å². The van der Waals surface area contributed by atoms with E-state index in [0.717, 1.165) is 16.8 Å². The number of carbonyl (C=O) groups is 1. The Labute approximate surface area is 144 Å². The molecule has 3 rings (SSSR count). The molecule has 130 valence electrons. The number of carbonyl (C=O) groups excluding carboxylic acids is 1. The van der Waals surface area contributed by atoms with Crippen LogP contribution in [0.1, 0.15) is 35.5 Å². The van der Waals surface area contributed by atoms with Crippen molar-refractivity contribution < 1.29 is 9.18 Å². The standard InChI is InChI=1S/C17H19FN6O/c1-9(12-4-6-13(18)7-5-12)20-15(25)8-14-10(2)21-17-22-16(19)23-24(17)11(14)3/h4-7,9H,8H2,1-3H3,(H2,19,23)(H,20,25). The minimum absolute atomic E-state index is 0.140. The van der Waals surface area contributed by atoms with Crippen LogP contribution in [0.4, 0.5) is 10.3 Å². The summed E-state index contributed by atoms with van der Waals surface area (Å²) in [6, 6.07) is 5.83. The van der Waals surface area contributed by atoms with Crippen molar-refractivity contribution in [3.63, 3.8) is 0 Å². The quantitative estimate of drug-likeness (QED) is 0.754. The minimum Gasteiger partial charge on any atom is -0.366 e. The molecule has 0 spiro atoms. The van der Waals surface area contributed by atoms with Crippen molar-refractivity contribution >= 4 is 17.6 Å². The number of nitrogens with one attached hydrogen (secondary N) is 1. The second-order valence-electron chi connectivity index (χ2n) is 5.96. The number of rotatable bonds is 4. The number of nitrogens with zero attached hydrogens (tertiary/aromatic N) is 4. The van der Waals surface area contributed by atoms with Gasteiger partial charge >= 0.3 is 0 Å². The van der Waals surface area contributed by atoms with Gasteiger partial charge in [-0.1, -0.05) is 12.1 Å². The predicted octanol–water partition coefficient (Wildman–Crippen LogP) is 1.88. The molecule has 1 unspecified atom stereocenters. The van der Waals surface area contributed by atoms with Crippen molar-refractivity contribution in [3.8, 4) is 0 Å². The molecule has 0 aliphatic rings. The molecule has 1 amide bonds. The van der Waals surface area contributed by atoms with Crippen LogP contribution < -0.4 is 11.1 Å². The Morgan fingerprint density at radius 3 is 2.64 bits per heavy atom. The first kappa shape index (κ1) is 16.8. The van der Waals surface area contributed by atoms with E-state index in [9.17, 15) is 9.18 Å². The number of hydrogen-bond acceptors (Lipinski definition) is 5. The van der Waals surface area contributed by atoms with Crippen LogP contribution in [-0.2, 0) is 11.2 Å². The molecule has 0 aliphatic carbocycles. The highest BCUT2D eigenvalue weighted by atomic mass is 19.1. The molecule has 1 aromatic carbocycles. The minimum atomic E-state index is -0.306. The Bertz CT molecular complexity index is 934. The topological polar surface area (TPSA) is 98.2 Å². The van der Waals surface area contributed by atoms with Crippen LogP contribution in [-0.4, -0.2) is 25.5 Å². The Balaban J connectivity index is 1.78. The summed E-state index contributed by atoms with van der Waals surface area (Å²) in [5.41, 5.74) is 8.71. The summed E-state index contributed by atoms with van der Waals surface area (Å²) in [5, 5.41) is 7.00. The van der Waals surface area contributed by atoms with E-state index < -0.39 is 0 Å². The lowest BCUT2D eigenvalue weighted by molar-refractivity contribution is -0.121. The number of hydrogen-bond donors (Lipinski definition) is 2. The van der Waals surface area contributed by atoms with Gasteiger partial charge in [0.2, 0.25) is 11.9 Å². The molecule has 8 heteroatoms. The molecule has 25 heavy (non-hydrogen) atoms. The maximum atomic E-state index is 13.0. The molecule has 3 N–H and O–H groups in total. The smallest absolute Gasteiger partial charge is 0.254 e. The highest BCUT2D eigenvalue weighted by molar-refractivity contribution is 5.79. The molecule has 2 heterocycles. The van der Waals surface area contributed by atoms with Gasteiger partial charge in [-0.3, -0.25) is 4.79 Å². The van der Waals surface area contributed by atoms with E-state index in [1.54, 1.807) is 12.1 Å². The fraction of sp³-hybridized carbons (Fsp3) is 0.294. The zero-order chi connectivity index (χ0) is 18.1. The van der Waals surface area contributed by atoms with Gasteiger partial charge in [-0.2, -0.15) is 9.50 Å². The van der Waals surface area contributed by atoms with E-state index in [-0.39, 0.29) is 30.1 Å². The molecule has 7 nitrogen and oxygen atoms in total. The number of fused-ring (bicyclic) bond motifs is 1. The lowest BCUT2D eigenvalue weighted by Crippen LogP contribution is -2.29. The molecule has 0 aliphatic heterocycles. The predicted molar refractivity (Wildman–Crippen MR) is 91.3 cm³/mol. The fourth-order valence-corrected chi connectivity index (χ4v) is 2.77. The average Bonchev–Trinajstić information content (AvgIpc) is 2.92.